The minimum absolute atomic E-state index is 0.0404. The normalized spacial score (nSPS) is 16.6. The average Bonchev–Trinajstić information content (AvgIpc) is 2.90. The van der Waals surface area contributed by atoms with Gasteiger partial charge in [0.2, 0.25) is 0 Å². The second kappa shape index (κ2) is 6.81. The largest absolute Gasteiger partial charge is 0.465 e. The predicted octanol–water partition coefficient (Wildman–Crippen LogP) is 1.79. The van der Waals surface area contributed by atoms with E-state index in [0.717, 1.165) is 23.5 Å². The Bertz CT molecular complexity index is 425. The summed E-state index contributed by atoms with van der Waals surface area (Å²) in [5.41, 5.74) is 0. The van der Waals surface area contributed by atoms with E-state index >= 15 is 0 Å². The summed E-state index contributed by atoms with van der Waals surface area (Å²) < 4.78 is 30.4. The first-order valence-electron chi connectivity index (χ1n) is 4.89. The summed E-state index contributed by atoms with van der Waals surface area (Å²) >= 11 is 1.81. The minimum Gasteiger partial charge on any atom is -0.465 e. The van der Waals surface area contributed by atoms with Gasteiger partial charge in [-0.25, -0.2) is 9.59 Å². The van der Waals surface area contributed by atoms with Gasteiger partial charge < -0.3 is 18.5 Å². The predicted molar refractivity (Wildman–Crippen MR) is 71.7 cm³/mol. The van der Waals surface area contributed by atoms with Crippen molar-refractivity contribution >= 4 is 43.1 Å². The Morgan fingerprint density at radius 1 is 0.947 bits per heavy atom. The molecule has 0 saturated heterocycles. The fourth-order valence-corrected chi connectivity index (χ4v) is 6.57. The molecule has 0 N–H and O–H groups in total. The maximum atomic E-state index is 12.2. The Labute approximate surface area is 118 Å². The molecule has 0 spiro atoms. The van der Waals surface area contributed by atoms with Crippen molar-refractivity contribution in [2.45, 2.75) is 4.32 Å². The van der Waals surface area contributed by atoms with Crippen LogP contribution in [-0.2, 0) is 32.7 Å². The van der Waals surface area contributed by atoms with E-state index in [2.05, 4.69) is 9.47 Å². The molecule has 1 heterocycles. The Morgan fingerprint density at radius 2 is 1.32 bits per heavy atom. The highest BCUT2D eigenvalue weighted by molar-refractivity contribution is 8.30. The van der Waals surface area contributed by atoms with Crippen LogP contribution in [0, 0.1) is 0 Å². The number of hydrogen-bond acceptors (Lipinski definition) is 9. The quantitative estimate of drug-likeness (QED) is 0.553. The number of carbonyl (C=O) groups excluding carboxylic acids is 2. The van der Waals surface area contributed by atoms with Gasteiger partial charge in [-0.15, -0.1) is 0 Å². The van der Waals surface area contributed by atoms with Crippen LogP contribution in [0.3, 0.4) is 0 Å². The average molecular weight is 328 g/mol. The van der Waals surface area contributed by atoms with Crippen LogP contribution in [-0.4, -0.2) is 44.7 Å². The number of esters is 2. The topological polar surface area (TPSA) is 88.1 Å². The van der Waals surface area contributed by atoms with Crippen LogP contribution < -0.4 is 0 Å². The van der Waals surface area contributed by atoms with Crippen LogP contribution in [0.4, 0.5) is 0 Å². The van der Waals surface area contributed by atoms with Crippen molar-refractivity contribution in [3.8, 4) is 0 Å². The molecule has 0 amide bonds. The van der Waals surface area contributed by atoms with Gasteiger partial charge in [0, 0.05) is 14.2 Å². The lowest BCUT2D eigenvalue weighted by atomic mass is 10.5. The molecule has 1 aliphatic rings. The molecule has 0 unspecified atom stereocenters. The molecule has 7 nitrogen and oxygen atoms in total. The van der Waals surface area contributed by atoms with Crippen molar-refractivity contribution in [2.24, 2.45) is 0 Å². The third-order valence-electron chi connectivity index (χ3n) is 2.15. The lowest BCUT2D eigenvalue weighted by Crippen LogP contribution is -2.08. The Hall–Kier alpha value is -0.470. The SMILES string of the molecule is COC(=O)C1=C(C(=O)OC)SC(P(=O)(OC)OC)S1. The van der Waals surface area contributed by atoms with Crippen LogP contribution in [0.2, 0.25) is 0 Å². The van der Waals surface area contributed by atoms with E-state index in [1.807, 2.05) is 0 Å². The number of ether oxygens (including phenoxy) is 2. The molecule has 19 heavy (non-hydrogen) atoms. The summed E-state index contributed by atoms with van der Waals surface area (Å²) in [6, 6.07) is 0. The molecule has 0 aromatic heterocycles. The molecular formula is C9H13O7PS2. The molecule has 0 radical (unpaired) electrons. The van der Waals surface area contributed by atoms with Crippen molar-refractivity contribution < 1.29 is 32.7 Å². The molecular weight excluding hydrogens is 315 g/mol. The third-order valence-corrected chi connectivity index (χ3v) is 8.19. The Kier molecular flexibility index (Phi) is 5.94. The first-order chi connectivity index (χ1) is 8.93. The Morgan fingerprint density at radius 3 is 1.58 bits per heavy atom. The van der Waals surface area contributed by atoms with Gasteiger partial charge in [0.05, 0.1) is 14.2 Å². The second-order valence-corrected chi connectivity index (χ2v) is 8.64. The fourth-order valence-electron chi connectivity index (χ4n) is 1.18. The summed E-state index contributed by atoms with van der Waals surface area (Å²) in [5, 5.41) is 0. The monoisotopic (exact) mass is 328 g/mol. The maximum absolute atomic E-state index is 12.2. The van der Waals surface area contributed by atoms with Crippen LogP contribution >= 0.6 is 31.1 Å². The van der Waals surface area contributed by atoms with Crippen LogP contribution in [0.15, 0.2) is 9.81 Å². The zero-order valence-corrected chi connectivity index (χ0v) is 13.2. The molecule has 0 atom stereocenters. The summed E-state index contributed by atoms with van der Waals surface area (Å²) in [6.45, 7) is 0. The highest BCUT2D eigenvalue weighted by Gasteiger charge is 2.46. The highest BCUT2D eigenvalue weighted by atomic mass is 32.2. The van der Waals surface area contributed by atoms with E-state index in [9.17, 15) is 14.2 Å². The smallest absolute Gasteiger partial charge is 0.353 e. The van der Waals surface area contributed by atoms with Gasteiger partial charge in [-0.3, -0.25) is 4.57 Å². The van der Waals surface area contributed by atoms with Crippen molar-refractivity contribution in [3.63, 3.8) is 0 Å². The molecule has 108 valence electrons. The first-order valence-corrected chi connectivity index (χ1v) is 8.26. The fraction of sp³-hybridized carbons (Fsp3) is 0.556. The molecule has 1 aliphatic heterocycles. The van der Waals surface area contributed by atoms with E-state index < -0.39 is 23.9 Å². The molecule has 0 saturated carbocycles. The van der Waals surface area contributed by atoms with E-state index in [-0.39, 0.29) is 9.81 Å². The van der Waals surface area contributed by atoms with Gasteiger partial charge in [0.1, 0.15) is 9.81 Å². The molecule has 0 fully saturated rings. The zero-order chi connectivity index (χ0) is 14.6. The summed E-state index contributed by atoms with van der Waals surface area (Å²) in [5.74, 6) is -1.39. The standard InChI is InChI=1S/C9H13O7PS2/c1-13-7(10)5-6(8(11)14-2)19-9(18-5)17(12,15-3)16-4/h9H,1-4H3. The zero-order valence-electron chi connectivity index (χ0n) is 10.7. The Balaban J connectivity index is 3.07. The van der Waals surface area contributed by atoms with Crippen LogP contribution in [0.25, 0.3) is 0 Å². The van der Waals surface area contributed by atoms with E-state index in [1.165, 1.54) is 28.4 Å². The molecule has 0 aromatic carbocycles. The highest BCUT2D eigenvalue weighted by Crippen LogP contribution is 2.66. The maximum Gasteiger partial charge on any atom is 0.353 e. The van der Waals surface area contributed by atoms with E-state index in [0.29, 0.717) is 0 Å². The van der Waals surface area contributed by atoms with Gasteiger partial charge >= 0.3 is 19.5 Å². The van der Waals surface area contributed by atoms with Gasteiger partial charge in [-0.1, -0.05) is 23.5 Å². The number of hydrogen-bond donors (Lipinski definition) is 0. The molecule has 0 aromatic rings. The van der Waals surface area contributed by atoms with Crippen molar-refractivity contribution in [1.82, 2.24) is 0 Å². The molecule has 0 bridgehead atoms. The van der Waals surface area contributed by atoms with Gasteiger partial charge in [0.15, 0.2) is 4.32 Å². The lowest BCUT2D eigenvalue weighted by Gasteiger charge is -2.18. The van der Waals surface area contributed by atoms with E-state index in [4.69, 9.17) is 9.05 Å². The third kappa shape index (κ3) is 3.35. The minimum atomic E-state index is -3.44. The van der Waals surface area contributed by atoms with Gasteiger partial charge in [0.25, 0.3) is 0 Å². The number of rotatable bonds is 5. The lowest BCUT2D eigenvalue weighted by molar-refractivity contribution is -0.138. The molecule has 0 aliphatic carbocycles. The summed E-state index contributed by atoms with van der Waals surface area (Å²) in [7, 11) is 1.41. The number of methoxy groups -OCH3 is 2. The van der Waals surface area contributed by atoms with Crippen molar-refractivity contribution in [2.75, 3.05) is 28.4 Å². The van der Waals surface area contributed by atoms with Crippen LogP contribution in [0.5, 0.6) is 0 Å². The van der Waals surface area contributed by atoms with Crippen molar-refractivity contribution in [3.05, 3.63) is 9.81 Å². The first kappa shape index (κ1) is 16.6. The van der Waals surface area contributed by atoms with Crippen molar-refractivity contribution in [1.29, 1.82) is 0 Å². The molecule has 10 heteroatoms. The summed E-state index contributed by atoms with van der Waals surface area (Å²) in [4.78, 5) is 23.3. The molecule has 1 rings (SSSR count). The van der Waals surface area contributed by atoms with Gasteiger partial charge in [-0.05, 0) is 0 Å². The second-order valence-electron chi connectivity index (χ2n) is 3.09. The summed E-state index contributed by atoms with van der Waals surface area (Å²) in [6.07, 6.45) is 0. The van der Waals surface area contributed by atoms with Gasteiger partial charge in [-0.2, -0.15) is 0 Å². The number of carbonyl (C=O) groups is 2. The van der Waals surface area contributed by atoms with E-state index in [1.54, 1.807) is 0 Å². The van der Waals surface area contributed by atoms with Crippen LogP contribution in [0.1, 0.15) is 0 Å². The number of thioether (sulfide) groups is 2.